The second-order valence-corrected chi connectivity index (χ2v) is 6.34. The fourth-order valence-corrected chi connectivity index (χ4v) is 3.14. The Balaban J connectivity index is 1.55. The molecule has 104 valence electrons. The highest BCUT2D eigenvalue weighted by Crippen LogP contribution is 2.29. The molecule has 0 bridgehead atoms. The predicted molar refractivity (Wildman–Crippen MR) is 85.6 cm³/mol. The zero-order valence-corrected chi connectivity index (χ0v) is 13.1. The molecule has 0 amide bonds. The summed E-state index contributed by atoms with van der Waals surface area (Å²) >= 11 is 3.50. The van der Waals surface area contributed by atoms with E-state index < -0.39 is 0 Å². The highest BCUT2D eigenvalue weighted by molar-refractivity contribution is 9.10. The van der Waals surface area contributed by atoms with Crippen molar-refractivity contribution in [3.05, 3.63) is 64.4 Å². The average molecular weight is 331 g/mol. The van der Waals surface area contributed by atoms with E-state index in [1.54, 1.807) is 0 Å². The molecule has 1 aromatic carbocycles. The number of hydrogen-bond acceptors (Lipinski definition) is 2. The van der Waals surface area contributed by atoms with E-state index in [2.05, 4.69) is 62.2 Å². The van der Waals surface area contributed by atoms with Crippen LogP contribution in [0.3, 0.4) is 0 Å². The van der Waals surface area contributed by atoms with Gasteiger partial charge in [-0.25, -0.2) is 0 Å². The van der Waals surface area contributed by atoms with E-state index in [1.807, 2.05) is 12.3 Å². The maximum atomic E-state index is 4.41. The number of aromatic nitrogens is 1. The minimum atomic E-state index is 0.711. The monoisotopic (exact) mass is 330 g/mol. The van der Waals surface area contributed by atoms with Crippen LogP contribution in [0.1, 0.15) is 30.0 Å². The lowest BCUT2D eigenvalue weighted by Gasteiger charge is -2.32. The largest absolute Gasteiger partial charge is 0.297 e. The van der Waals surface area contributed by atoms with E-state index in [4.69, 9.17) is 0 Å². The molecule has 3 rings (SSSR count). The summed E-state index contributed by atoms with van der Waals surface area (Å²) in [5, 5.41) is 0. The van der Waals surface area contributed by atoms with Crippen molar-refractivity contribution in [3.8, 4) is 0 Å². The summed E-state index contributed by atoms with van der Waals surface area (Å²) in [6.07, 6.45) is 4.37. The molecule has 2 heterocycles. The molecule has 2 aromatic rings. The highest BCUT2D eigenvalue weighted by atomic mass is 79.9. The lowest BCUT2D eigenvalue weighted by Crippen LogP contribution is -2.32. The zero-order chi connectivity index (χ0) is 13.8. The Morgan fingerprint density at radius 2 is 1.80 bits per heavy atom. The third-order valence-electron chi connectivity index (χ3n) is 4.04. The standard InChI is InChI=1S/C17H19BrN2/c18-16-6-4-14(5-7-16)15-8-11-20(12-9-15)13-17-3-1-2-10-19-17/h1-7,10,15H,8-9,11-13H2. The molecule has 2 nitrogen and oxygen atoms in total. The predicted octanol–water partition coefficient (Wildman–Crippen LogP) is 4.22. The molecule has 3 heteroatoms. The van der Waals surface area contributed by atoms with Crippen molar-refractivity contribution in [2.24, 2.45) is 0 Å². The van der Waals surface area contributed by atoms with Crippen LogP contribution < -0.4 is 0 Å². The summed E-state index contributed by atoms with van der Waals surface area (Å²) in [6, 6.07) is 15.0. The molecule has 1 fully saturated rings. The molecule has 0 saturated carbocycles. The van der Waals surface area contributed by atoms with Crippen LogP contribution >= 0.6 is 15.9 Å². The van der Waals surface area contributed by atoms with Gasteiger partial charge < -0.3 is 0 Å². The minimum absolute atomic E-state index is 0.711. The second-order valence-electron chi connectivity index (χ2n) is 5.42. The Bertz CT molecular complexity index is 531. The second kappa shape index (κ2) is 6.51. The molecule has 1 saturated heterocycles. The molecule has 20 heavy (non-hydrogen) atoms. The molecular formula is C17H19BrN2. The topological polar surface area (TPSA) is 16.1 Å². The number of pyridine rings is 1. The molecule has 1 aromatic heterocycles. The van der Waals surface area contributed by atoms with E-state index in [-0.39, 0.29) is 0 Å². The molecule has 1 aliphatic rings. The first kappa shape index (κ1) is 13.8. The van der Waals surface area contributed by atoms with Crippen LogP contribution in [-0.2, 0) is 6.54 Å². The van der Waals surface area contributed by atoms with Gasteiger partial charge in [-0.15, -0.1) is 0 Å². The minimum Gasteiger partial charge on any atom is -0.297 e. The fraction of sp³-hybridized carbons (Fsp3) is 0.353. The number of halogens is 1. The molecule has 0 N–H and O–H groups in total. The number of hydrogen-bond donors (Lipinski definition) is 0. The van der Waals surface area contributed by atoms with Gasteiger partial charge in [-0.3, -0.25) is 9.88 Å². The first-order valence-electron chi connectivity index (χ1n) is 7.19. The first-order valence-corrected chi connectivity index (χ1v) is 7.98. The maximum Gasteiger partial charge on any atom is 0.0543 e. The van der Waals surface area contributed by atoms with Crippen LogP contribution in [0.2, 0.25) is 0 Å². The smallest absolute Gasteiger partial charge is 0.0543 e. The van der Waals surface area contributed by atoms with Crippen molar-refractivity contribution < 1.29 is 0 Å². The van der Waals surface area contributed by atoms with E-state index in [0.717, 1.165) is 24.1 Å². The lowest BCUT2D eigenvalue weighted by atomic mass is 9.89. The quantitative estimate of drug-likeness (QED) is 0.837. The number of likely N-dealkylation sites (tertiary alicyclic amines) is 1. The van der Waals surface area contributed by atoms with Crippen molar-refractivity contribution in [3.63, 3.8) is 0 Å². The summed E-state index contributed by atoms with van der Waals surface area (Å²) in [4.78, 5) is 6.92. The molecule has 0 aliphatic carbocycles. The normalized spacial score (nSPS) is 17.2. The van der Waals surface area contributed by atoms with E-state index >= 15 is 0 Å². The van der Waals surface area contributed by atoms with Gasteiger partial charge in [-0.05, 0) is 61.7 Å². The lowest BCUT2D eigenvalue weighted by molar-refractivity contribution is 0.202. The summed E-state index contributed by atoms with van der Waals surface area (Å²) in [5.41, 5.74) is 2.65. The molecule has 0 atom stereocenters. The first-order chi connectivity index (χ1) is 9.81. The van der Waals surface area contributed by atoms with E-state index in [9.17, 15) is 0 Å². The van der Waals surface area contributed by atoms with Gasteiger partial charge in [0.05, 0.1) is 5.69 Å². The SMILES string of the molecule is Brc1ccc(C2CCN(Cc3ccccn3)CC2)cc1. The Hall–Kier alpha value is -1.19. The number of nitrogens with zero attached hydrogens (tertiary/aromatic N) is 2. The van der Waals surface area contributed by atoms with Gasteiger partial charge in [-0.2, -0.15) is 0 Å². The van der Waals surface area contributed by atoms with Gasteiger partial charge in [-0.1, -0.05) is 34.1 Å². The van der Waals surface area contributed by atoms with Crippen LogP contribution in [-0.4, -0.2) is 23.0 Å². The van der Waals surface area contributed by atoms with Gasteiger partial charge >= 0.3 is 0 Å². The van der Waals surface area contributed by atoms with Crippen molar-refractivity contribution in [1.29, 1.82) is 0 Å². The van der Waals surface area contributed by atoms with Crippen LogP contribution in [0.5, 0.6) is 0 Å². The van der Waals surface area contributed by atoms with Crippen molar-refractivity contribution >= 4 is 15.9 Å². The van der Waals surface area contributed by atoms with Crippen molar-refractivity contribution in [2.75, 3.05) is 13.1 Å². The Labute approximate surface area is 129 Å². The van der Waals surface area contributed by atoms with Gasteiger partial charge in [0.1, 0.15) is 0 Å². The third kappa shape index (κ3) is 3.47. The van der Waals surface area contributed by atoms with Gasteiger partial charge in [0.25, 0.3) is 0 Å². The summed E-state index contributed by atoms with van der Waals surface area (Å²) in [5.74, 6) is 0.711. The number of benzene rings is 1. The van der Waals surface area contributed by atoms with Crippen LogP contribution in [0, 0.1) is 0 Å². The van der Waals surface area contributed by atoms with Gasteiger partial charge in [0, 0.05) is 17.2 Å². The average Bonchev–Trinajstić information content (AvgIpc) is 2.50. The molecule has 0 radical (unpaired) electrons. The Kier molecular flexibility index (Phi) is 4.48. The maximum absolute atomic E-state index is 4.41. The van der Waals surface area contributed by atoms with E-state index in [1.165, 1.54) is 24.1 Å². The van der Waals surface area contributed by atoms with Crippen molar-refractivity contribution in [1.82, 2.24) is 9.88 Å². The molecule has 1 aliphatic heterocycles. The Morgan fingerprint density at radius 3 is 2.45 bits per heavy atom. The molecular weight excluding hydrogens is 312 g/mol. The fourth-order valence-electron chi connectivity index (χ4n) is 2.88. The van der Waals surface area contributed by atoms with Crippen molar-refractivity contribution in [2.45, 2.75) is 25.3 Å². The Morgan fingerprint density at radius 1 is 1.05 bits per heavy atom. The van der Waals surface area contributed by atoms with Crippen LogP contribution in [0.4, 0.5) is 0 Å². The summed E-state index contributed by atoms with van der Waals surface area (Å²) in [7, 11) is 0. The van der Waals surface area contributed by atoms with Gasteiger partial charge in [0.2, 0.25) is 0 Å². The molecule has 0 spiro atoms. The summed E-state index contributed by atoms with van der Waals surface area (Å²) in [6.45, 7) is 3.31. The third-order valence-corrected chi connectivity index (χ3v) is 4.57. The number of piperidine rings is 1. The highest BCUT2D eigenvalue weighted by Gasteiger charge is 2.20. The van der Waals surface area contributed by atoms with Gasteiger partial charge in [0.15, 0.2) is 0 Å². The summed E-state index contributed by atoms with van der Waals surface area (Å²) < 4.78 is 1.16. The number of rotatable bonds is 3. The molecule has 0 unspecified atom stereocenters. The van der Waals surface area contributed by atoms with E-state index in [0.29, 0.717) is 5.92 Å². The van der Waals surface area contributed by atoms with Crippen LogP contribution in [0.15, 0.2) is 53.1 Å². The zero-order valence-electron chi connectivity index (χ0n) is 11.5. The van der Waals surface area contributed by atoms with Crippen LogP contribution in [0.25, 0.3) is 0 Å².